The SMILES string of the molecule is CCn1nncc1C(O)c1ncc(Br)cc1Br. The molecule has 7 heteroatoms. The lowest BCUT2D eigenvalue weighted by molar-refractivity contribution is 0.202. The second-order valence-corrected chi connectivity index (χ2v) is 5.17. The van der Waals surface area contributed by atoms with Crippen LogP contribution in [0.25, 0.3) is 0 Å². The third-order valence-electron chi connectivity index (χ3n) is 2.32. The molecule has 0 aromatic carbocycles. The molecule has 1 atom stereocenters. The van der Waals surface area contributed by atoms with E-state index in [1.807, 2.05) is 13.0 Å². The quantitative estimate of drug-likeness (QED) is 0.911. The molecule has 0 bridgehead atoms. The van der Waals surface area contributed by atoms with Crippen molar-refractivity contribution in [3.8, 4) is 0 Å². The van der Waals surface area contributed by atoms with E-state index in [2.05, 4.69) is 47.2 Å². The Morgan fingerprint density at radius 1 is 1.41 bits per heavy atom. The van der Waals surface area contributed by atoms with Gasteiger partial charge in [-0.25, -0.2) is 4.68 Å². The Balaban J connectivity index is 2.40. The van der Waals surface area contributed by atoms with Crippen LogP contribution in [0.4, 0.5) is 0 Å². The number of aliphatic hydroxyl groups is 1. The predicted octanol–water partition coefficient (Wildman–Crippen LogP) is 2.30. The van der Waals surface area contributed by atoms with Gasteiger partial charge in [-0.1, -0.05) is 5.21 Å². The maximum Gasteiger partial charge on any atom is 0.140 e. The molecule has 17 heavy (non-hydrogen) atoms. The number of rotatable bonds is 3. The van der Waals surface area contributed by atoms with Crippen LogP contribution in [-0.4, -0.2) is 25.1 Å². The highest BCUT2D eigenvalue weighted by atomic mass is 79.9. The van der Waals surface area contributed by atoms with Crippen LogP contribution in [0.1, 0.15) is 24.4 Å². The fraction of sp³-hybridized carbons (Fsp3) is 0.300. The monoisotopic (exact) mass is 360 g/mol. The lowest BCUT2D eigenvalue weighted by Crippen LogP contribution is -2.10. The zero-order valence-electron chi connectivity index (χ0n) is 9.01. The molecule has 0 aliphatic heterocycles. The molecule has 0 aliphatic carbocycles. The molecule has 2 aromatic heterocycles. The van der Waals surface area contributed by atoms with Crippen molar-refractivity contribution in [3.05, 3.63) is 38.8 Å². The molecular formula is C10H10Br2N4O. The Labute approximate surface area is 115 Å². The molecular weight excluding hydrogens is 352 g/mol. The molecule has 90 valence electrons. The van der Waals surface area contributed by atoms with E-state index in [-0.39, 0.29) is 0 Å². The Hall–Kier alpha value is -0.790. The van der Waals surface area contributed by atoms with Crippen LogP contribution in [0.15, 0.2) is 27.4 Å². The standard InChI is InChI=1S/C10H10Br2N4O/c1-2-16-8(5-14-15-16)10(17)9-7(12)3-6(11)4-13-9/h3-5,10,17H,2H2,1H3. The first-order chi connectivity index (χ1) is 8.13. The van der Waals surface area contributed by atoms with Gasteiger partial charge in [0.25, 0.3) is 0 Å². The lowest BCUT2D eigenvalue weighted by atomic mass is 10.2. The van der Waals surface area contributed by atoms with Crippen molar-refractivity contribution in [2.24, 2.45) is 0 Å². The highest BCUT2D eigenvalue weighted by molar-refractivity contribution is 9.11. The minimum absolute atomic E-state index is 0.546. The van der Waals surface area contributed by atoms with Crippen molar-refractivity contribution < 1.29 is 5.11 Å². The van der Waals surface area contributed by atoms with Gasteiger partial charge in [0.05, 0.1) is 17.6 Å². The molecule has 1 N–H and O–H groups in total. The summed E-state index contributed by atoms with van der Waals surface area (Å²) in [5.74, 6) is 0. The normalized spacial score (nSPS) is 12.7. The fourth-order valence-electron chi connectivity index (χ4n) is 1.49. The molecule has 0 saturated heterocycles. The summed E-state index contributed by atoms with van der Waals surface area (Å²) in [4.78, 5) is 4.20. The second-order valence-electron chi connectivity index (χ2n) is 3.40. The topological polar surface area (TPSA) is 63.8 Å². The largest absolute Gasteiger partial charge is 0.380 e. The summed E-state index contributed by atoms with van der Waals surface area (Å²) in [6.45, 7) is 2.59. The maximum atomic E-state index is 10.3. The van der Waals surface area contributed by atoms with Crippen molar-refractivity contribution in [2.75, 3.05) is 0 Å². The van der Waals surface area contributed by atoms with Crippen molar-refractivity contribution >= 4 is 31.9 Å². The number of pyridine rings is 1. The average molecular weight is 362 g/mol. The molecule has 0 spiro atoms. The smallest absolute Gasteiger partial charge is 0.140 e. The van der Waals surface area contributed by atoms with Crippen LogP contribution in [0.2, 0.25) is 0 Å². The van der Waals surface area contributed by atoms with Crippen LogP contribution in [0.5, 0.6) is 0 Å². The van der Waals surface area contributed by atoms with Crippen LogP contribution < -0.4 is 0 Å². The van der Waals surface area contributed by atoms with Gasteiger partial charge in [-0.3, -0.25) is 4.98 Å². The first kappa shape index (κ1) is 12.7. The van der Waals surface area contributed by atoms with Crippen molar-refractivity contribution in [1.29, 1.82) is 0 Å². The Morgan fingerprint density at radius 3 is 2.82 bits per heavy atom. The van der Waals surface area contributed by atoms with Gasteiger partial charge in [-0.15, -0.1) is 5.10 Å². The van der Waals surface area contributed by atoms with Gasteiger partial charge in [0.15, 0.2) is 0 Å². The van der Waals surface area contributed by atoms with Crippen molar-refractivity contribution in [1.82, 2.24) is 20.0 Å². The van der Waals surface area contributed by atoms with Gasteiger partial charge in [-0.05, 0) is 44.8 Å². The van der Waals surface area contributed by atoms with E-state index in [1.165, 1.54) is 0 Å². The molecule has 5 nitrogen and oxygen atoms in total. The van der Waals surface area contributed by atoms with Gasteiger partial charge in [0.1, 0.15) is 6.10 Å². The highest BCUT2D eigenvalue weighted by Crippen LogP contribution is 2.28. The van der Waals surface area contributed by atoms with Crippen LogP contribution in [0.3, 0.4) is 0 Å². The summed E-state index contributed by atoms with van der Waals surface area (Å²) in [6, 6.07) is 1.84. The van der Waals surface area contributed by atoms with Gasteiger partial charge < -0.3 is 5.11 Å². The van der Waals surface area contributed by atoms with Crippen molar-refractivity contribution in [3.63, 3.8) is 0 Å². The molecule has 0 radical (unpaired) electrons. The van der Waals surface area contributed by atoms with E-state index < -0.39 is 6.10 Å². The summed E-state index contributed by atoms with van der Waals surface area (Å²) in [5, 5.41) is 17.9. The summed E-state index contributed by atoms with van der Waals surface area (Å²) in [7, 11) is 0. The highest BCUT2D eigenvalue weighted by Gasteiger charge is 2.19. The summed E-state index contributed by atoms with van der Waals surface area (Å²) in [5.41, 5.74) is 1.17. The van der Waals surface area contributed by atoms with Gasteiger partial charge in [0, 0.05) is 21.7 Å². The van der Waals surface area contributed by atoms with Crippen molar-refractivity contribution in [2.45, 2.75) is 19.6 Å². The molecule has 0 fully saturated rings. The minimum Gasteiger partial charge on any atom is -0.380 e. The molecule has 0 amide bonds. The minimum atomic E-state index is -0.840. The molecule has 2 aromatic rings. The van der Waals surface area contributed by atoms with Gasteiger partial charge in [-0.2, -0.15) is 0 Å². The summed E-state index contributed by atoms with van der Waals surface area (Å²) < 4.78 is 3.23. The number of aliphatic hydroxyl groups excluding tert-OH is 1. The van der Waals surface area contributed by atoms with E-state index in [9.17, 15) is 5.11 Å². The molecule has 2 rings (SSSR count). The fourth-order valence-corrected chi connectivity index (χ4v) is 2.69. The van der Waals surface area contributed by atoms with E-state index in [4.69, 9.17) is 0 Å². The third-order valence-corrected chi connectivity index (χ3v) is 3.39. The predicted molar refractivity (Wildman–Crippen MR) is 69.4 cm³/mol. The number of aryl methyl sites for hydroxylation is 1. The Bertz CT molecular complexity index is 529. The number of aromatic nitrogens is 4. The number of hydrogen-bond acceptors (Lipinski definition) is 4. The summed E-state index contributed by atoms with van der Waals surface area (Å²) in [6.07, 6.45) is 2.35. The summed E-state index contributed by atoms with van der Waals surface area (Å²) >= 11 is 6.70. The number of hydrogen-bond donors (Lipinski definition) is 1. The first-order valence-electron chi connectivity index (χ1n) is 5.01. The Kier molecular flexibility index (Phi) is 3.90. The van der Waals surface area contributed by atoms with E-state index in [0.717, 1.165) is 8.95 Å². The van der Waals surface area contributed by atoms with Gasteiger partial charge >= 0.3 is 0 Å². The van der Waals surface area contributed by atoms with Crippen LogP contribution in [-0.2, 0) is 6.54 Å². The van der Waals surface area contributed by atoms with E-state index in [1.54, 1.807) is 17.1 Å². The lowest BCUT2D eigenvalue weighted by Gasteiger charge is -2.12. The zero-order valence-corrected chi connectivity index (χ0v) is 12.2. The first-order valence-corrected chi connectivity index (χ1v) is 6.59. The number of nitrogens with zero attached hydrogens (tertiary/aromatic N) is 4. The molecule has 1 unspecified atom stereocenters. The molecule has 0 saturated carbocycles. The van der Waals surface area contributed by atoms with Crippen LogP contribution in [0, 0.1) is 0 Å². The maximum absolute atomic E-state index is 10.3. The van der Waals surface area contributed by atoms with E-state index in [0.29, 0.717) is 17.9 Å². The molecule has 0 aliphatic rings. The molecule has 2 heterocycles. The second kappa shape index (κ2) is 5.24. The Morgan fingerprint density at radius 2 is 2.18 bits per heavy atom. The van der Waals surface area contributed by atoms with Crippen LogP contribution >= 0.6 is 31.9 Å². The van der Waals surface area contributed by atoms with E-state index >= 15 is 0 Å². The average Bonchev–Trinajstić information content (AvgIpc) is 2.76. The van der Waals surface area contributed by atoms with Gasteiger partial charge in [0.2, 0.25) is 0 Å². The third kappa shape index (κ3) is 2.56. The zero-order chi connectivity index (χ0) is 12.4. The number of halogens is 2.